The van der Waals surface area contributed by atoms with E-state index in [1.807, 2.05) is 4.90 Å². The van der Waals surface area contributed by atoms with E-state index >= 15 is 0 Å². The van der Waals surface area contributed by atoms with Crippen molar-refractivity contribution in [1.82, 2.24) is 4.90 Å². The van der Waals surface area contributed by atoms with Gasteiger partial charge in [0, 0.05) is 19.0 Å². The zero-order valence-corrected chi connectivity index (χ0v) is 22.3. The fraction of sp³-hybridized carbons (Fsp3) is 0.552. The number of aliphatic carboxylic acids is 1. The van der Waals surface area contributed by atoms with Crippen molar-refractivity contribution in [3.63, 3.8) is 0 Å². The number of carbonyl (C=O) groups is 1. The molecular formula is C29H32F7NO4. The average Bonchev–Trinajstić information content (AvgIpc) is 3.28. The quantitative estimate of drug-likeness (QED) is 0.336. The SMILES string of the molecule is C[C@@]1(C(=O)O)CCCN(C[C@@H]2CC[C@H](O[C@H](CO)c3cc(C(F)(F)F)cc(C(F)(F)F)c3)[C@H]2c2ccc(F)cc2)C1. The molecule has 2 aliphatic rings. The highest BCUT2D eigenvalue weighted by Gasteiger charge is 2.44. The van der Waals surface area contributed by atoms with Gasteiger partial charge in [-0.25, -0.2) is 4.39 Å². The Hall–Kier alpha value is -2.70. The summed E-state index contributed by atoms with van der Waals surface area (Å²) in [7, 11) is 0. The highest BCUT2D eigenvalue weighted by Crippen LogP contribution is 2.45. The Kier molecular flexibility index (Phi) is 9.06. The lowest BCUT2D eigenvalue weighted by Gasteiger charge is -2.40. The number of hydrogen-bond acceptors (Lipinski definition) is 4. The average molecular weight is 592 g/mol. The highest BCUT2D eigenvalue weighted by molar-refractivity contribution is 5.74. The lowest BCUT2D eigenvalue weighted by Crippen LogP contribution is -2.47. The number of halogens is 7. The second kappa shape index (κ2) is 11.9. The summed E-state index contributed by atoms with van der Waals surface area (Å²) in [5.74, 6) is -1.91. The van der Waals surface area contributed by atoms with Gasteiger partial charge in [-0.05, 0) is 86.5 Å². The molecule has 0 aromatic heterocycles. The smallest absolute Gasteiger partial charge is 0.416 e. The Morgan fingerprint density at radius 1 is 1.05 bits per heavy atom. The maximum absolute atomic E-state index is 13.7. The van der Waals surface area contributed by atoms with Crippen molar-refractivity contribution in [2.24, 2.45) is 11.3 Å². The van der Waals surface area contributed by atoms with Gasteiger partial charge in [-0.3, -0.25) is 4.79 Å². The van der Waals surface area contributed by atoms with Crippen molar-refractivity contribution in [2.75, 3.05) is 26.2 Å². The molecule has 5 nitrogen and oxygen atoms in total. The Morgan fingerprint density at radius 2 is 1.66 bits per heavy atom. The molecule has 12 heteroatoms. The minimum atomic E-state index is -5.05. The van der Waals surface area contributed by atoms with Gasteiger partial charge in [-0.1, -0.05) is 12.1 Å². The van der Waals surface area contributed by atoms with Crippen LogP contribution in [0.4, 0.5) is 30.7 Å². The van der Waals surface area contributed by atoms with E-state index in [0.717, 1.165) is 0 Å². The number of rotatable bonds is 8. The van der Waals surface area contributed by atoms with Crippen molar-refractivity contribution in [1.29, 1.82) is 0 Å². The van der Waals surface area contributed by atoms with Crippen LogP contribution in [0.1, 0.15) is 66.9 Å². The van der Waals surface area contributed by atoms with E-state index in [1.165, 1.54) is 12.1 Å². The van der Waals surface area contributed by atoms with Gasteiger partial charge in [0.1, 0.15) is 11.9 Å². The molecular weight excluding hydrogens is 559 g/mol. The number of aliphatic hydroxyl groups excluding tert-OH is 1. The number of carboxylic acid groups (broad SMARTS) is 1. The fourth-order valence-corrected chi connectivity index (χ4v) is 6.18. The Balaban J connectivity index is 1.63. The van der Waals surface area contributed by atoms with Crippen LogP contribution >= 0.6 is 0 Å². The van der Waals surface area contributed by atoms with Crippen LogP contribution in [-0.4, -0.2) is 53.4 Å². The van der Waals surface area contributed by atoms with Gasteiger partial charge in [0.15, 0.2) is 0 Å². The van der Waals surface area contributed by atoms with E-state index in [9.17, 15) is 45.7 Å². The number of carboxylic acids is 1. The first-order chi connectivity index (χ1) is 19.1. The number of nitrogens with zero attached hydrogens (tertiary/aromatic N) is 1. The van der Waals surface area contributed by atoms with Crippen LogP contribution in [0.15, 0.2) is 42.5 Å². The lowest BCUT2D eigenvalue weighted by molar-refractivity contribution is -0.151. The van der Waals surface area contributed by atoms with Gasteiger partial charge in [0.25, 0.3) is 0 Å². The third-order valence-corrected chi connectivity index (χ3v) is 8.26. The van der Waals surface area contributed by atoms with Crippen LogP contribution in [0.5, 0.6) is 0 Å². The Bertz CT molecular complexity index is 1180. The summed E-state index contributed by atoms with van der Waals surface area (Å²) < 4.78 is 101. The molecule has 0 spiro atoms. The summed E-state index contributed by atoms with van der Waals surface area (Å²) in [5.41, 5.74) is -3.71. The van der Waals surface area contributed by atoms with Crippen LogP contribution in [0.2, 0.25) is 0 Å². The zero-order chi connectivity index (χ0) is 30.2. The molecule has 0 bridgehead atoms. The first-order valence-electron chi connectivity index (χ1n) is 13.4. The van der Waals surface area contributed by atoms with E-state index in [-0.39, 0.29) is 12.0 Å². The van der Waals surface area contributed by atoms with Crippen LogP contribution < -0.4 is 0 Å². The Labute approximate surface area is 232 Å². The molecule has 1 aliphatic heterocycles. The first kappa shape index (κ1) is 31.2. The van der Waals surface area contributed by atoms with Crippen LogP contribution in [0, 0.1) is 17.2 Å². The second-order valence-electron chi connectivity index (χ2n) is 11.3. The number of aliphatic hydroxyl groups is 1. The molecule has 1 heterocycles. The number of likely N-dealkylation sites (tertiary alicyclic amines) is 1. The van der Waals surface area contributed by atoms with Crippen molar-refractivity contribution in [2.45, 2.75) is 63.1 Å². The third kappa shape index (κ3) is 7.21. The minimum absolute atomic E-state index is 0.0222. The molecule has 2 aromatic carbocycles. The number of hydrogen-bond donors (Lipinski definition) is 2. The largest absolute Gasteiger partial charge is 0.481 e. The minimum Gasteiger partial charge on any atom is -0.481 e. The van der Waals surface area contributed by atoms with Crippen LogP contribution in [0.25, 0.3) is 0 Å². The van der Waals surface area contributed by atoms with Gasteiger partial charge in [0.2, 0.25) is 0 Å². The van der Waals surface area contributed by atoms with E-state index in [4.69, 9.17) is 4.74 Å². The van der Waals surface area contributed by atoms with Crippen LogP contribution in [0.3, 0.4) is 0 Å². The summed E-state index contributed by atoms with van der Waals surface area (Å²) in [4.78, 5) is 13.9. The molecule has 1 saturated carbocycles. The van der Waals surface area contributed by atoms with Gasteiger partial charge in [0.05, 0.1) is 29.3 Å². The van der Waals surface area contributed by atoms with Crippen LogP contribution in [-0.2, 0) is 21.9 Å². The third-order valence-electron chi connectivity index (χ3n) is 8.26. The molecule has 1 saturated heterocycles. The monoisotopic (exact) mass is 591 g/mol. The van der Waals surface area contributed by atoms with Gasteiger partial charge >= 0.3 is 18.3 Å². The van der Waals surface area contributed by atoms with E-state index < -0.39 is 71.0 Å². The maximum Gasteiger partial charge on any atom is 0.416 e. The van der Waals surface area contributed by atoms with Crippen molar-refractivity contribution in [3.8, 4) is 0 Å². The topological polar surface area (TPSA) is 70.0 Å². The molecule has 5 atom stereocenters. The second-order valence-corrected chi connectivity index (χ2v) is 11.3. The van der Waals surface area contributed by atoms with E-state index in [2.05, 4.69) is 0 Å². The molecule has 1 aliphatic carbocycles. The molecule has 0 unspecified atom stereocenters. The lowest BCUT2D eigenvalue weighted by atomic mass is 9.81. The van der Waals surface area contributed by atoms with Gasteiger partial charge < -0.3 is 19.8 Å². The van der Waals surface area contributed by atoms with Crippen molar-refractivity contribution < 1.29 is 50.5 Å². The molecule has 2 fully saturated rings. The summed E-state index contributed by atoms with van der Waals surface area (Å²) >= 11 is 0. The summed E-state index contributed by atoms with van der Waals surface area (Å²) in [6, 6.07) is 6.77. The van der Waals surface area contributed by atoms with Crippen molar-refractivity contribution in [3.05, 3.63) is 70.5 Å². The van der Waals surface area contributed by atoms with Gasteiger partial charge in [-0.2, -0.15) is 26.3 Å². The standard InChI is InChI=1S/C29H32F7NO4/c1-27(26(39)40)9-2-10-37(16-27)14-18-5-8-23(25(18)17-3-6-22(30)7-4-17)41-24(15-38)19-11-20(28(31,32)33)13-21(12-19)29(34,35)36/h3-4,6-7,11-13,18,23-25,38H,2,5,8-10,14-16H2,1H3,(H,39,40)/t18-,23-,24+,25-,27+/m0/s1. The zero-order valence-electron chi connectivity index (χ0n) is 22.3. The normalized spacial score (nSPS) is 26.7. The molecule has 2 N–H and O–H groups in total. The fourth-order valence-electron chi connectivity index (χ4n) is 6.18. The molecule has 41 heavy (non-hydrogen) atoms. The number of benzene rings is 2. The molecule has 4 rings (SSSR count). The maximum atomic E-state index is 13.7. The predicted octanol–water partition coefficient (Wildman–Crippen LogP) is 6.66. The van der Waals surface area contributed by atoms with Crippen molar-refractivity contribution >= 4 is 5.97 Å². The molecule has 226 valence electrons. The van der Waals surface area contributed by atoms with E-state index in [1.54, 1.807) is 19.1 Å². The summed E-state index contributed by atoms with van der Waals surface area (Å²) in [6.45, 7) is 2.31. The number of ether oxygens (including phenoxy) is 1. The summed E-state index contributed by atoms with van der Waals surface area (Å²) in [6.07, 6.45) is -10.1. The Morgan fingerprint density at radius 3 is 2.20 bits per heavy atom. The number of piperidine rings is 1. The highest BCUT2D eigenvalue weighted by atomic mass is 19.4. The number of alkyl halides is 6. The molecule has 0 amide bonds. The molecule has 2 aromatic rings. The first-order valence-corrected chi connectivity index (χ1v) is 13.4. The molecule has 0 radical (unpaired) electrons. The predicted molar refractivity (Wildman–Crippen MR) is 134 cm³/mol. The summed E-state index contributed by atoms with van der Waals surface area (Å²) in [5, 5.41) is 19.8. The van der Waals surface area contributed by atoms with Gasteiger partial charge in [-0.15, -0.1) is 0 Å². The van der Waals surface area contributed by atoms with E-state index in [0.29, 0.717) is 63.0 Å².